The predicted octanol–water partition coefficient (Wildman–Crippen LogP) is 4.49. The third kappa shape index (κ3) is 3.29. The standard InChI is InChI=1S/C20H21NO2/c1-3-14-9-10-15(4-2)17(11-14)13-21-20(22)19-12-16-7-5-6-8-18(16)23-19/h5-12H,3-4,13H2,1-2H3,(H,21,22). The number of rotatable bonds is 5. The van der Waals surface area contributed by atoms with E-state index in [1.54, 1.807) is 6.07 Å². The molecule has 3 heteroatoms. The Balaban J connectivity index is 1.76. The molecular formula is C20H21NO2. The Morgan fingerprint density at radius 2 is 1.83 bits per heavy atom. The summed E-state index contributed by atoms with van der Waals surface area (Å²) >= 11 is 0. The van der Waals surface area contributed by atoms with Gasteiger partial charge in [-0.05, 0) is 41.7 Å². The van der Waals surface area contributed by atoms with E-state index in [0.29, 0.717) is 12.3 Å². The Hall–Kier alpha value is -2.55. The first-order valence-corrected chi connectivity index (χ1v) is 8.08. The van der Waals surface area contributed by atoms with Gasteiger partial charge < -0.3 is 9.73 Å². The molecule has 1 N–H and O–H groups in total. The Kier molecular flexibility index (Phi) is 4.47. The van der Waals surface area contributed by atoms with Crippen LogP contribution in [-0.4, -0.2) is 5.91 Å². The van der Waals surface area contributed by atoms with E-state index in [2.05, 4.69) is 37.4 Å². The van der Waals surface area contributed by atoms with Crippen molar-refractivity contribution in [3.63, 3.8) is 0 Å². The van der Waals surface area contributed by atoms with Crippen molar-refractivity contribution in [1.29, 1.82) is 0 Å². The van der Waals surface area contributed by atoms with E-state index in [0.717, 1.165) is 23.8 Å². The largest absolute Gasteiger partial charge is 0.451 e. The van der Waals surface area contributed by atoms with Crippen molar-refractivity contribution in [2.75, 3.05) is 0 Å². The zero-order chi connectivity index (χ0) is 16.2. The van der Waals surface area contributed by atoms with Gasteiger partial charge in [0.25, 0.3) is 5.91 Å². The minimum atomic E-state index is -0.176. The molecule has 0 unspecified atom stereocenters. The van der Waals surface area contributed by atoms with Crippen molar-refractivity contribution in [2.45, 2.75) is 33.2 Å². The highest BCUT2D eigenvalue weighted by Gasteiger charge is 2.12. The number of aryl methyl sites for hydroxylation is 2. The fourth-order valence-electron chi connectivity index (χ4n) is 2.77. The van der Waals surface area contributed by atoms with Gasteiger partial charge in [-0.15, -0.1) is 0 Å². The first-order valence-electron chi connectivity index (χ1n) is 8.08. The molecule has 2 aromatic carbocycles. The van der Waals surface area contributed by atoms with E-state index in [1.165, 1.54) is 16.7 Å². The van der Waals surface area contributed by atoms with Gasteiger partial charge in [0.1, 0.15) is 5.58 Å². The topological polar surface area (TPSA) is 42.2 Å². The van der Waals surface area contributed by atoms with Crippen LogP contribution in [0.3, 0.4) is 0 Å². The number of nitrogens with one attached hydrogen (secondary N) is 1. The summed E-state index contributed by atoms with van der Waals surface area (Å²) in [5.41, 5.74) is 4.47. The lowest BCUT2D eigenvalue weighted by Gasteiger charge is -2.10. The van der Waals surface area contributed by atoms with Crippen molar-refractivity contribution in [3.05, 3.63) is 71.0 Å². The molecular weight excluding hydrogens is 286 g/mol. The Labute approximate surface area is 136 Å². The van der Waals surface area contributed by atoms with E-state index in [1.807, 2.05) is 24.3 Å². The van der Waals surface area contributed by atoms with E-state index >= 15 is 0 Å². The van der Waals surface area contributed by atoms with Crippen LogP contribution in [-0.2, 0) is 19.4 Å². The number of fused-ring (bicyclic) bond motifs is 1. The van der Waals surface area contributed by atoms with Crippen LogP contribution in [0.5, 0.6) is 0 Å². The van der Waals surface area contributed by atoms with Crippen molar-refractivity contribution >= 4 is 16.9 Å². The van der Waals surface area contributed by atoms with Crippen LogP contribution in [0.4, 0.5) is 0 Å². The van der Waals surface area contributed by atoms with Crippen LogP contribution in [0.25, 0.3) is 11.0 Å². The van der Waals surface area contributed by atoms with Crippen molar-refractivity contribution in [2.24, 2.45) is 0 Å². The lowest BCUT2D eigenvalue weighted by Crippen LogP contribution is -2.23. The molecule has 1 heterocycles. The summed E-state index contributed by atoms with van der Waals surface area (Å²) in [6.45, 7) is 4.79. The molecule has 1 amide bonds. The molecule has 1 aromatic heterocycles. The van der Waals surface area contributed by atoms with Crippen molar-refractivity contribution < 1.29 is 9.21 Å². The second-order valence-corrected chi connectivity index (χ2v) is 5.64. The normalized spacial score (nSPS) is 10.9. The van der Waals surface area contributed by atoms with Crippen LogP contribution in [0, 0.1) is 0 Å². The number of furan rings is 1. The number of amides is 1. The maximum Gasteiger partial charge on any atom is 0.287 e. The molecule has 0 aliphatic carbocycles. The number of carbonyl (C=O) groups is 1. The van der Waals surface area contributed by atoms with Gasteiger partial charge in [0, 0.05) is 11.9 Å². The SMILES string of the molecule is CCc1ccc(CC)c(CNC(=O)c2cc3ccccc3o2)c1. The van der Waals surface area contributed by atoms with Gasteiger partial charge in [-0.2, -0.15) is 0 Å². The second-order valence-electron chi connectivity index (χ2n) is 5.64. The fourth-order valence-corrected chi connectivity index (χ4v) is 2.77. The molecule has 0 saturated carbocycles. The van der Waals surface area contributed by atoms with Crippen molar-refractivity contribution in [1.82, 2.24) is 5.32 Å². The molecule has 0 radical (unpaired) electrons. The molecule has 23 heavy (non-hydrogen) atoms. The first-order chi connectivity index (χ1) is 11.2. The maximum atomic E-state index is 12.3. The highest BCUT2D eigenvalue weighted by atomic mass is 16.3. The van der Waals surface area contributed by atoms with E-state index in [9.17, 15) is 4.79 Å². The number of benzene rings is 2. The molecule has 0 spiro atoms. The summed E-state index contributed by atoms with van der Waals surface area (Å²) < 4.78 is 5.61. The summed E-state index contributed by atoms with van der Waals surface area (Å²) in [7, 11) is 0. The zero-order valence-corrected chi connectivity index (χ0v) is 13.6. The molecule has 3 rings (SSSR count). The number of carbonyl (C=O) groups excluding carboxylic acids is 1. The Morgan fingerprint density at radius 3 is 2.57 bits per heavy atom. The van der Waals surface area contributed by atoms with E-state index < -0.39 is 0 Å². The van der Waals surface area contributed by atoms with Crippen molar-refractivity contribution in [3.8, 4) is 0 Å². The molecule has 118 valence electrons. The summed E-state index contributed by atoms with van der Waals surface area (Å²) in [5, 5.41) is 3.91. The van der Waals surface area contributed by atoms with Gasteiger partial charge in [0.15, 0.2) is 5.76 Å². The predicted molar refractivity (Wildman–Crippen MR) is 92.6 cm³/mol. The fraction of sp³-hybridized carbons (Fsp3) is 0.250. The maximum absolute atomic E-state index is 12.3. The van der Waals surface area contributed by atoms with Crippen LogP contribution in [0.2, 0.25) is 0 Å². The molecule has 3 aromatic rings. The molecule has 0 atom stereocenters. The highest BCUT2D eigenvalue weighted by Crippen LogP contribution is 2.19. The summed E-state index contributed by atoms with van der Waals surface area (Å²) in [6, 6.07) is 15.9. The summed E-state index contributed by atoms with van der Waals surface area (Å²) in [6.07, 6.45) is 1.95. The average molecular weight is 307 g/mol. The third-order valence-corrected chi connectivity index (χ3v) is 4.15. The smallest absolute Gasteiger partial charge is 0.287 e. The lowest BCUT2D eigenvalue weighted by molar-refractivity contribution is 0.0925. The molecule has 0 bridgehead atoms. The Bertz CT molecular complexity index is 800. The first kappa shape index (κ1) is 15.3. The van der Waals surface area contributed by atoms with Crippen LogP contribution in [0.1, 0.15) is 41.1 Å². The second kappa shape index (κ2) is 6.69. The minimum absolute atomic E-state index is 0.176. The lowest BCUT2D eigenvalue weighted by atomic mass is 10.0. The number of hydrogen-bond acceptors (Lipinski definition) is 2. The van der Waals surface area contributed by atoms with E-state index in [4.69, 9.17) is 4.42 Å². The van der Waals surface area contributed by atoms with Gasteiger partial charge in [-0.1, -0.05) is 50.2 Å². The third-order valence-electron chi connectivity index (χ3n) is 4.15. The van der Waals surface area contributed by atoms with Crippen LogP contribution >= 0.6 is 0 Å². The minimum Gasteiger partial charge on any atom is -0.451 e. The van der Waals surface area contributed by atoms with Gasteiger partial charge in [0.2, 0.25) is 0 Å². The van der Waals surface area contributed by atoms with Crippen LogP contribution < -0.4 is 5.32 Å². The van der Waals surface area contributed by atoms with Gasteiger partial charge in [-0.25, -0.2) is 0 Å². The van der Waals surface area contributed by atoms with Crippen LogP contribution in [0.15, 0.2) is 52.9 Å². The van der Waals surface area contributed by atoms with E-state index in [-0.39, 0.29) is 5.91 Å². The highest BCUT2D eigenvalue weighted by molar-refractivity contribution is 5.96. The molecule has 0 aliphatic rings. The quantitative estimate of drug-likeness (QED) is 0.754. The average Bonchev–Trinajstić information content (AvgIpc) is 3.03. The molecule has 0 saturated heterocycles. The van der Waals surface area contributed by atoms with Gasteiger partial charge in [0.05, 0.1) is 0 Å². The number of hydrogen-bond donors (Lipinski definition) is 1. The number of para-hydroxylation sites is 1. The zero-order valence-electron chi connectivity index (χ0n) is 13.6. The summed E-state index contributed by atoms with van der Waals surface area (Å²) in [5.74, 6) is 0.182. The Morgan fingerprint density at radius 1 is 1.00 bits per heavy atom. The summed E-state index contributed by atoms with van der Waals surface area (Å²) in [4.78, 5) is 12.3. The molecule has 0 aliphatic heterocycles. The monoisotopic (exact) mass is 307 g/mol. The molecule has 3 nitrogen and oxygen atoms in total. The molecule has 0 fully saturated rings. The van der Waals surface area contributed by atoms with Gasteiger partial charge in [-0.3, -0.25) is 4.79 Å². The van der Waals surface area contributed by atoms with Gasteiger partial charge >= 0.3 is 0 Å².